The lowest BCUT2D eigenvalue weighted by atomic mass is 9.96. The Morgan fingerprint density at radius 2 is 2.00 bits per heavy atom. The van der Waals surface area contributed by atoms with Gasteiger partial charge in [0.25, 0.3) is 0 Å². The van der Waals surface area contributed by atoms with Gasteiger partial charge in [0.2, 0.25) is 0 Å². The molecular weight excluding hydrogens is 150 g/mol. The van der Waals surface area contributed by atoms with Gasteiger partial charge in [-0.05, 0) is 19.9 Å². The smallest absolute Gasteiger partial charge is 0.175 e. The van der Waals surface area contributed by atoms with E-state index >= 15 is 0 Å². The quantitative estimate of drug-likeness (QED) is 0.573. The molecule has 0 amide bonds. The number of ether oxygens (including phenoxy) is 1. The van der Waals surface area contributed by atoms with Crippen LogP contribution in [-0.2, 0) is 10.3 Å². The van der Waals surface area contributed by atoms with Crippen molar-refractivity contribution in [3.05, 3.63) is 29.8 Å². The summed E-state index contributed by atoms with van der Waals surface area (Å²) in [7, 11) is 0. The highest BCUT2D eigenvalue weighted by molar-refractivity contribution is 5.63. The molecule has 0 atom stereocenters. The second-order valence-electron chi connectivity index (χ2n) is 3.38. The predicted octanol–water partition coefficient (Wildman–Crippen LogP) is 2.61. The van der Waals surface area contributed by atoms with E-state index in [4.69, 9.17) is 4.74 Å². The molecule has 0 radical (unpaired) electrons. The van der Waals surface area contributed by atoms with Crippen LogP contribution in [0.3, 0.4) is 0 Å². The van der Waals surface area contributed by atoms with E-state index in [0.717, 1.165) is 11.3 Å². The Hall–Kier alpha value is -1.31. The molecule has 1 aliphatic rings. The number of hydrogen-bond acceptors (Lipinski definition) is 2. The van der Waals surface area contributed by atoms with E-state index in [-0.39, 0.29) is 5.60 Å². The van der Waals surface area contributed by atoms with Gasteiger partial charge in [-0.2, -0.15) is 0 Å². The first-order chi connectivity index (χ1) is 5.70. The van der Waals surface area contributed by atoms with Gasteiger partial charge in [-0.25, -0.2) is 4.99 Å². The van der Waals surface area contributed by atoms with E-state index < -0.39 is 0 Å². The Kier molecular flexibility index (Phi) is 1.43. The maximum absolute atomic E-state index is 5.40. The van der Waals surface area contributed by atoms with Crippen molar-refractivity contribution in [1.29, 1.82) is 0 Å². The summed E-state index contributed by atoms with van der Waals surface area (Å²) >= 11 is 0. The summed E-state index contributed by atoms with van der Waals surface area (Å²) in [5.74, 6) is 0. The average Bonchev–Trinajstić information content (AvgIpc) is 2.04. The minimum Gasteiger partial charge on any atom is -0.473 e. The summed E-state index contributed by atoms with van der Waals surface area (Å²) in [4.78, 5) is 4.14. The normalized spacial score (nSPS) is 18.2. The third-order valence-electron chi connectivity index (χ3n) is 2.09. The molecule has 2 heteroatoms. The molecule has 0 spiro atoms. The molecule has 0 N–H and O–H groups in total. The first-order valence-corrected chi connectivity index (χ1v) is 4.00. The highest BCUT2D eigenvalue weighted by Gasteiger charge is 2.26. The van der Waals surface area contributed by atoms with Crippen LogP contribution in [-0.4, -0.2) is 6.40 Å². The van der Waals surface area contributed by atoms with E-state index in [1.54, 1.807) is 0 Å². The highest BCUT2D eigenvalue weighted by atomic mass is 16.5. The van der Waals surface area contributed by atoms with Gasteiger partial charge in [-0.1, -0.05) is 18.2 Å². The molecule has 0 aliphatic carbocycles. The molecular formula is C10H11NO. The van der Waals surface area contributed by atoms with Gasteiger partial charge in [0.15, 0.2) is 6.40 Å². The van der Waals surface area contributed by atoms with Crippen LogP contribution in [0, 0.1) is 0 Å². The van der Waals surface area contributed by atoms with E-state index in [1.165, 1.54) is 6.40 Å². The number of aliphatic imine (C=N–C) groups is 1. The van der Waals surface area contributed by atoms with Gasteiger partial charge >= 0.3 is 0 Å². The second-order valence-corrected chi connectivity index (χ2v) is 3.38. The van der Waals surface area contributed by atoms with Crippen molar-refractivity contribution in [1.82, 2.24) is 0 Å². The molecule has 0 aromatic heterocycles. The summed E-state index contributed by atoms with van der Waals surface area (Å²) in [6.45, 7) is 4.08. The fraction of sp³-hybridized carbons (Fsp3) is 0.300. The van der Waals surface area contributed by atoms with Crippen LogP contribution in [0.25, 0.3) is 0 Å². The van der Waals surface area contributed by atoms with Crippen LogP contribution in [0.4, 0.5) is 5.69 Å². The molecule has 0 saturated heterocycles. The van der Waals surface area contributed by atoms with Crippen molar-refractivity contribution in [3.8, 4) is 0 Å². The zero-order chi connectivity index (χ0) is 8.60. The zero-order valence-corrected chi connectivity index (χ0v) is 7.24. The molecule has 2 nitrogen and oxygen atoms in total. The Labute approximate surface area is 71.9 Å². The second kappa shape index (κ2) is 2.34. The molecule has 1 heterocycles. The van der Waals surface area contributed by atoms with Crippen LogP contribution in [0.15, 0.2) is 29.3 Å². The van der Waals surface area contributed by atoms with Crippen LogP contribution >= 0.6 is 0 Å². The first-order valence-electron chi connectivity index (χ1n) is 4.00. The van der Waals surface area contributed by atoms with E-state index in [2.05, 4.69) is 4.99 Å². The van der Waals surface area contributed by atoms with Crippen LogP contribution in [0.1, 0.15) is 19.4 Å². The minimum atomic E-state index is -0.238. The van der Waals surface area contributed by atoms with Gasteiger partial charge in [0, 0.05) is 5.56 Å². The summed E-state index contributed by atoms with van der Waals surface area (Å²) in [5.41, 5.74) is 1.92. The maximum Gasteiger partial charge on any atom is 0.175 e. The molecule has 12 heavy (non-hydrogen) atoms. The molecule has 1 aromatic carbocycles. The Balaban J connectivity index is 2.60. The van der Waals surface area contributed by atoms with Crippen molar-refractivity contribution in [2.45, 2.75) is 19.4 Å². The number of rotatable bonds is 0. The van der Waals surface area contributed by atoms with Crippen molar-refractivity contribution < 1.29 is 4.74 Å². The summed E-state index contributed by atoms with van der Waals surface area (Å²) in [6.07, 6.45) is 1.52. The van der Waals surface area contributed by atoms with Crippen LogP contribution in [0.2, 0.25) is 0 Å². The minimum absolute atomic E-state index is 0.238. The SMILES string of the molecule is CC1(C)OC=Nc2ccccc21. The topological polar surface area (TPSA) is 21.6 Å². The highest BCUT2D eigenvalue weighted by Crippen LogP contribution is 2.34. The number of benzene rings is 1. The Morgan fingerprint density at radius 1 is 1.25 bits per heavy atom. The Morgan fingerprint density at radius 3 is 2.75 bits per heavy atom. The predicted molar refractivity (Wildman–Crippen MR) is 48.7 cm³/mol. The third-order valence-corrected chi connectivity index (χ3v) is 2.09. The van der Waals surface area contributed by atoms with Crippen LogP contribution in [0.5, 0.6) is 0 Å². The van der Waals surface area contributed by atoms with Gasteiger partial charge in [-0.3, -0.25) is 0 Å². The molecule has 0 saturated carbocycles. The van der Waals surface area contributed by atoms with E-state index in [1.807, 2.05) is 38.1 Å². The van der Waals surface area contributed by atoms with Crippen molar-refractivity contribution in [2.75, 3.05) is 0 Å². The van der Waals surface area contributed by atoms with Gasteiger partial charge < -0.3 is 4.74 Å². The lowest BCUT2D eigenvalue weighted by Gasteiger charge is -2.28. The number of hydrogen-bond donors (Lipinski definition) is 0. The monoisotopic (exact) mass is 161 g/mol. The maximum atomic E-state index is 5.40. The van der Waals surface area contributed by atoms with E-state index in [0.29, 0.717) is 0 Å². The van der Waals surface area contributed by atoms with E-state index in [9.17, 15) is 0 Å². The Bertz CT molecular complexity index is 328. The van der Waals surface area contributed by atoms with Gasteiger partial charge in [0.05, 0.1) is 5.69 Å². The average molecular weight is 161 g/mol. The molecule has 0 unspecified atom stereocenters. The van der Waals surface area contributed by atoms with Crippen LogP contribution < -0.4 is 0 Å². The van der Waals surface area contributed by atoms with Crippen molar-refractivity contribution in [3.63, 3.8) is 0 Å². The number of nitrogens with zero attached hydrogens (tertiary/aromatic N) is 1. The third kappa shape index (κ3) is 0.998. The fourth-order valence-electron chi connectivity index (χ4n) is 1.37. The first kappa shape index (κ1) is 7.35. The number of para-hydroxylation sites is 1. The van der Waals surface area contributed by atoms with Gasteiger partial charge in [-0.15, -0.1) is 0 Å². The van der Waals surface area contributed by atoms with Crippen molar-refractivity contribution >= 4 is 12.1 Å². The number of fused-ring (bicyclic) bond motifs is 1. The molecule has 2 rings (SSSR count). The lowest BCUT2D eigenvalue weighted by molar-refractivity contribution is 0.100. The summed E-state index contributed by atoms with van der Waals surface area (Å²) in [6, 6.07) is 8.03. The molecule has 0 bridgehead atoms. The summed E-state index contributed by atoms with van der Waals surface area (Å²) < 4.78 is 5.40. The molecule has 0 fully saturated rings. The lowest BCUT2D eigenvalue weighted by Crippen LogP contribution is -2.23. The summed E-state index contributed by atoms with van der Waals surface area (Å²) in [5, 5.41) is 0. The fourth-order valence-corrected chi connectivity index (χ4v) is 1.37. The zero-order valence-electron chi connectivity index (χ0n) is 7.24. The van der Waals surface area contributed by atoms with Crippen molar-refractivity contribution in [2.24, 2.45) is 4.99 Å². The standard InChI is InChI=1S/C10H11NO/c1-10(2)8-5-3-4-6-9(8)11-7-12-10/h3-7H,1-2H3. The molecule has 62 valence electrons. The van der Waals surface area contributed by atoms with Gasteiger partial charge in [0.1, 0.15) is 5.60 Å². The largest absolute Gasteiger partial charge is 0.473 e. The molecule has 1 aromatic rings. The molecule has 1 aliphatic heterocycles.